The van der Waals surface area contributed by atoms with Crippen LogP contribution < -0.4 is 0 Å². The topological polar surface area (TPSA) is 74.6 Å². The molecule has 0 amide bonds. The van der Waals surface area contributed by atoms with Gasteiger partial charge >= 0.3 is 5.97 Å². The van der Waals surface area contributed by atoms with E-state index in [1.807, 2.05) is 6.08 Å². The Balaban J connectivity index is 1.71. The molecule has 0 aromatic carbocycles. The van der Waals surface area contributed by atoms with Crippen molar-refractivity contribution in [1.82, 2.24) is 0 Å². The maximum atomic E-state index is 12.1. The number of ketones is 1. The van der Waals surface area contributed by atoms with Crippen LogP contribution in [-0.2, 0) is 9.59 Å². The van der Waals surface area contributed by atoms with Crippen molar-refractivity contribution in [1.29, 1.82) is 0 Å². The number of aliphatic carboxylic acids is 1. The minimum absolute atomic E-state index is 0.108. The normalized spacial score (nSPS) is 26.5. The summed E-state index contributed by atoms with van der Waals surface area (Å²) < 4.78 is 0. The third-order valence-electron chi connectivity index (χ3n) is 5.75. The van der Waals surface area contributed by atoms with Crippen molar-refractivity contribution in [2.45, 2.75) is 83.2 Å². The van der Waals surface area contributed by atoms with Crippen molar-refractivity contribution in [3.05, 3.63) is 12.2 Å². The summed E-state index contributed by atoms with van der Waals surface area (Å²) in [5, 5.41) is 18.9. The molecular weight excluding hydrogens is 304 g/mol. The van der Waals surface area contributed by atoms with Crippen molar-refractivity contribution in [2.24, 2.45) is 17.8 Å². The summed E-state index contributed by atoms with van der Waals surface area (Å²) >= 11 is 0. The van der Waals surface area contributed by atoms with Crippen LogP contribution >= 0.6 is 0 Å². The Bertz CT molecular complexity index is 437. The second-order valence-corrected chi connectivity index (χ2v) is 7.54. The summed E-state index contributed by atoms with van der Waals surface area (Å²) in [6.45, 7) is 0. The number of carbonyl (C=O) groups is 2. The number of allylic oxidation sites excluding steroid dienone is 1. The Morgan fingerprint density at radius 2 is 1.83 bits per heavy atom. The van der Waals surface area contributed by atoms with Crippen LogP contribution in [0.5, 0.6) is 0 Å². The van der Waals surface area contributed by atoms with Crippen LogP contribution in [0.15, 0.2) is 12.2 Å². The highest BCUT2D eigenvalue weighted by molar-refractivity contribution is 5.83. The second-order valence-electron chi connectivity index (χ2n) is 7.54. The van der Waals surface area contributed by atoms with Gasteiger partial charge in [0.2, 0.25) is 0 Å². The molecule has 136 valence electrons. The van der Waals surface area contributed by atoms with Crippen LogP contribution in [0.4, 0.5) is 0 Å². The minimum Gasteiger partial charge on any atom is -0.481 e. The third-order valence-corrected chi connectivity index (χ3v) is 5.75. The maximum Gasteiger partial charge on any atom is 0.303 e. The monoisotopic (exact) mass is 336 g/mol. The smallest absolute Gasteiger partial charge is 0.303 e. The number of unbranched alkanes of at least 4 members (excludes halogenated alkanes) is 3. The summed E-state index contributed by atoms with van der Waals surface area (Å²) in [4.78, 5) is 22.6. The van der Waals surface area contributed by atoms with E-state index in [1.54, 1.807) is 0 Å². The average molecular weight is 336 g/mol. The molecule has 0 radical (unpaired) electrons. The van der Waals surface area contributed by atoms with Gasteiger partial charge in [-0.15, -0.1) is 0 Å². The molecule has 2 saturated carbocycles. The third kappa shape index (κ3) is 6.04. The molecule has 24 heavy (non-hydrogen) atoms. The molecule has 2 N–H and O–H groups in total. The van der Waals surface area contributed by atoms with Crippen molar-refractivity contribution in [3.8, 4) is 0 Å². The quantitative estimate of drug-likeness (QED) is 0.465. The second kappa shape index (κ2) is 9.97. The molecule has 0 aliphatic heterocycles. The Hall–Kier alpha value is -1.16. The highest BCUT2D eigenvalue weighted by atomic mass is 16.4. The Labute approximate surface area is 145 Å². The lowest BCUT2D eigenvalue weighted by Gasteiger charge is -2.17. The lowest BCUT2D eigenvalue weighted by atomic mass is 9.88. The zero-order valence-electron chi connectivity index (χ0n) is 14.7. The van der Waals surface area contributed by atoms with Gasteiger partial charge in [-0.2, -0.15) is 0 Å². The fraction of sp³-hybridized carbons (Fsp3) is 0.800. The van der Waals surface area contributed by atoms with E-state index in [1.165, 1.54) is 12.8 Å². The number of carboxylic acids is 1. The number of Topliss-reactive ketones (excluding diaryl/α,β-unsaturated/α-hetero) is 1. The van der Waals surface area contributed by atoms with Gasteiger partial charge in [0.25, 0.3) is 0 Å². The standard InChI is InChI=1S/C20H32O4/c21-18(16-7-5-6-8-16)13-11-15-12-14-19(22)17(15)9-3-1-2-4-10-20(23)24/h11,13,15-18,21H,1-10,12,14H2,(H,23,24)/b13-11+/t15-,17+,18?/m0/s1. The first kappa shape index (κ1) is 19.2. The van der Waals surface area contributed by atoms with Gasteiger partial charge in [0, 0.05) is 18.8 Å². The molecule has 0 saturated heterocycles. The van der Waals surface area contributed by atoms with E-state index >= 15 is 0 Å². The Kier molecular flexibility index (Phi) is 7.97. The fourth-order valence-corrected chi connectivity index (χ4v) is 4.25. The lowest BCUT2D eigenvalue weighted by molar-refractivity contribution is -0.137. The number of hydrogen-bond donors (Lipinski definition) is 2. The van der Waals surface area contributed by atoms with Crippen LogP contribution in [0.3, 0.4) is 0 Å². The van der Waals surface area contributed by atoms with Gasteiger partial charge in [-0.05, 0) is 43.9 Å². The van der Waals surface area contributed by atoms with Gasteiger partial charge in [-0.3, -0.25) is 9.59 Å². The van der Waals surface area contributed by atoms with Gasteiger partial charge in [-0.1, -0.05) is 44.3 Å². The first-order valence-electron chi connectivity index (χ1n) is 9.69. The van der Waals surface area contributed by atoms with Crippen LogP contribution in [0.25, 0.3) is 0 Å². The lowest BCUT2D eigenvalue weighted by Crippen LogP contribution is -2.17. The van der Waals surface area contributed by atoms with Gasteiger partial charge in [0.05, 0.1) is 6.10 Å². The predicted molar refractivity (Wildman–Crippen MR) is 93.7 cm³/mol. The summed E-state index contributed by atoms with van der Waals surface area (Å²) in [6, 6.07) is 0. The summed E-state index contributed by atoms with van der Waals surface area (Å²) in [5.41, 5.74) is 0. The minimum atomic E-state index is -0.730. The van der Waals surface area contributed by atoms with Crippen LogP contribution in [-0.4, -0.2) is 28.1 Å². The van der Waals surface area contributed by atoms with Gasteiger partial charge in [0.15, 0.2) is 0 Å². The molecule has 0 aromatic heterocycles. The predicted octanol–water partition coefficient (Wildman–Crippen LogP) is 4.11. The molecule has 2 aliphatic carbocycles. The molecule has 0 heterocycles. The highest BCUT2D eigenvalue weighted by Gasteiger charge is 2.32. The van der Waals surface area contributed by atoms with Crippen molar-refractivity contribution in [3.63, 3.8) is 0 Å². The van der Waals surface area contributed by atoms with Crippen LogP contribution in [0.1, 0.15) is 77.0 Å². The van der Waals surface area contributed by atoms with E-state index in [0.29, 0.717) is 18.1 Å². The van der Waals surface area contributed by atoms with Crippen LogP contribution in [0, 0.1) is 17.8 Å². The maximum absolute atomic E-state index is 12.1. The molecule has 4 nitrogen and oxygen atoms in total. The zero-order chi connectivity index (χ0) is 17.4. The summed E-state index contributed by atoms with van der Waals surface area (Å²) in [6.07, 6.45) is 14.8. The molecule has 0 bridgehead atoms. The summed E-state index contributed by atoms with van der Waals surface area (Å²) in [5.74, 6) is 0.438. The van der Waals surface area contributed by atoms with E-state index in [2.05, 4.69) is 6.08 Å². The first-order chi connectivity index (χ1) is 11.6. The Morgan fingerprint density at radius 1 is 1.12 bits per heavy atom. The van der Waals surface area contributed by atoms with Crippen molar-refractivity contribution in [2.75, 3.05) is 0 Å². The molecule has 1 unspecified atom stereocenters. The SMILES string of the molecule is O=C(O)CCCCCC[C@H]1C(=O)CC[C@@H]1/C=C/C(O)C1CCCC1. The van der Waals surface area contributed by atoms with E-state index in [9.17, 15) is 14.7 Å². The van der Waals surface area contributed by atoms with Crippen molar-refractivity contribution >= 4 is 11.8 Å². The van der Waals surface area contributed by atoms with E-state index < -0.39 is 5.97 Å². The van der Waals surface area contributed by atoms with E-state index in [4.69, 9.17) is 5.11 Å². The fourth-order valence-electron chi connectivity index (χ4n) is 4.25. The number of rotatable bonds is 10. The number of aliphatic hydroxyl groups is 1. The first-order valence-corrected chi connectivity index (χ1v) is 9.69. The number of carboxylic acid groups (broad SMARTS) is 1. The summed E-state index contributed by atoms with van der Waals surface area (Å²) in [7, 11) is 0. The van der Waals surface area contributed by atoms with Crippen LogP contribution in [0.2, 0.25) is 0 Å². The molecule has 0 aromatic rings. The molecule has 2 fully saturated rings. The largest absolute Gasteiger partial charge is 0.481 e. The molecule has 2 aliphatic rings. The molecular formula is C20H32O4. The van der Waals surface area contributed by atoms with Gasteiger partial charge < -0.3 is 10.2 Å². The van der Waals surface area contributed by atoms with Gasteiger partial charge in [-0.25, -0.2) is 0 Å². The zero-order valence-corrected chi connectivity index (χ0v) is 14.7. The molecule has 3 atom stereocenters. The average Bonchev–Trinajstić information content (AvgIpc) is 3.19. The number of hydrogen-bond acceptors (Lipinski definition) is 3. The van der Waals surface area contributed by atoms with Crippen molar-refractivity contribution < 1.29 is 19.8 Å². The molecule has 4 heteroatoms. The van der Waals surface area contributed by atoms with E-state index in [-0.39, 0.29) is 24.4 Å². The van der Waals surface area contributed by atoms with Gasteiger partial charge in [0.1, 0.15) is 5.78 Å². The molecule has 2 rings (SSSR count). The van der Waals surface area contributed by atoms with E-state index in [0.717, 1.165) is 51.4 Å². The number of aliphatic hydroxyl groups excluding tert-OH is 1. The number of carbonyl (C=O) groups excluding carboxylic acids is 1. The molecule has 0 spiro atoms. The highest BCUT2D eigenvalue weighted by Crippen LogP contribution is 2.35. The Morgan fingerprint density at radius 3 is 2.54 bits per heavy atom.